The molecule has 0 N–H and O–H groups in total. The van der Waals surface area contributed by atoms with Gasteiger partial charge >= 0.3 is 6.18 Å². The Labute approximate surface area is 200 Å². The first-order valence-corrected chi connectivity index (χ1v) is 11.7. The maximum Gasteiger partial charge on any atom is 0.422 e. The summed E-state index contributed by atoms with van der Waals surface area (Å²) in [5.74, 6) is -1.31. The smallest absolute Gasteiger partial charge is 0.422 e. The molecule has 3 aromatic carbocycles. The summed E-state index contributed by atoms with van der Waals surface area (Å²) < 4.78 is 82.3. The standard InChI is InChI=1S/C27H27F5O3/c1-2-3-18-14-33-26(34-15-18)21-9-10-22-20(13-21)8-7-19(25(22)29)6-4-17-5-11-24(23(28)12-17)35-16-27(30,31)32/h5,7-13,18,26H,2-4,6,14-16H2,1H3. The van der Waals surface area contributed by atoms with E-state index < -0.39 is 30.6 Å². The monoisotopic (exact) mass is 494 g/mol. The van der Waals surface area contributed by atoms with Gasteiger partial charge in [0.05, 0.1) is 13.2 Å². The molecule has 188 valence electrons. The Kier molecular flexibility index (Phi) is 7.91. The number of aryl methyl sites for hydroxylation is 2. The Balaban J connectivity index is 1.41. The highest BCUT2D eigenvalue weighted by molar-refractivity contribution is 5.84. The molecule has 8 heteroatoms. The van der Waals surface area contributed by atoms with Gasteiger partial charge in [0.2, 0.25) is 0 Å². The molecular weight excluding hydrogens is 467 g/mol. The summed E-state index contributed by atoms with van der Waals surface area (Å²) in [5.41, 5.74) is 1.84. The average molecular weight is 495 g/mol. The van der Waals surface area contributed by atoms with Crippen LogP contribution in [0.5, 0.6) is 5.75 Å². The highest BCUT2D eigenvalue weighted by Crippen LogP contribution is 2.31. The Hall–Kier alpha value is -2.71. The summed E-state index contributed by atoms with van der Waals surface area (Å²) in [5, 5.41) is 1.19. The fraction of sp³-hybridized carbons (Fsp3) is 0.407. The average Bonchev–Trinajstić information content (AvgIpc) is 2.83. The second-order valence-electron chi connectivity index (χ2n) is 8.84. The minimum absolute atomic E-state index is 0.305. The molecule has 3 nitrogen and oxygen atoms in total. The van der Waals surface area contributed by atoms with Crippen LogP contribution >= 0.6 is 0 Å². The predicted octanol–water partition coefficient (Wildman–Crippen LogP) is 7.31. The van der Waals surface area contributed by atoms with E-state index in [9.17, 15) is 17.6 Å². The summed E-state index contributed by atoms with van der Waals surface area (Å²) >= 11 is 0. The Morgan fingerprint density at radius 1 is 0.943 bits per heavy atom. The fourth-order valence-corrected chi connectivity index (χ4v) is 4.26. The molecule has 3 aromatic rings. The summed E-state index contributed by atoms with van der Waals surface area (Å²) in [6, 6.07) is 12.7. The predicted molar refractivity (Wildman–Crippen MR) is 122 cm³/mol. The second-order valence-corrected chi connectivity index (χ2v) is 8.84. The minimum atomic E-state index is -4.55. The molecule has 4 rings (SSSR count). The molecule has 1 fully saturated rings. The SMILES string of the molecule is CCCC1COC(c2ccc3c(F)c(CCc4ccc(OCC(F)(F)F)c(F)c4)ccc3c2)OC1. The van der Waals surface area contributed by atoms with Gasteiger partial charge in [0.15, 0.2) is 24.5 Å². The topological polar surface area (TPSA) is 27.7 Å². The molecule has 0 spiro atoms. The second kappa shape index (κ2) is 10.9. The van der Waals surface area contributed by atoms with Crippen molar-refractivity contribution in [1.82, 2.24) is 0 Å². The van der Waals surface area contributed by atoms with Gasteiger partial charge in [0, 0.05) is 16.9 Å². The number of fused-ring (bicyclic) bond motifs is 1. The first kappa shape index (κ1) is 25.4. The third-order valence-corrected chi connectivity index (χ3v) is 6.06. The number of hydrogen-bond acceptors (Lipinski definition) is 3. The Bertz CT molecular complexity index is 1150. The molecule has 0 atom stereocenters. The van der Waals surface area contributed by atoms with E-state index in [1.54, 1.807) is 18.2 Å². The molecule has 1 saturated heterocycles. The van der Waals surface area contributed by atoms with Gasteiger partial charge in [-0.3, -0.25) is 0 Å². The zero-order chi connectivity index (χ0) is 25.0. The summed E-state index contributed by atoms with van der Waals surface area (Å²) in [7, 11) is 0. The lowest BCUT2D eigenvalue weighted by molar-refractivity contribution is -0.206. The van der Waals surface area contributed by atoms with Gasteiger partial charge in [-0.2, -0.15) is 13.2 Å². The maximum atomic E-state index is 15.2. The number of rotatable bonds is 8. The van der Waals surface area contributed by atoms with Crippen molar-refractivity contribution >= 4 is 10.8 Å². The van der Waals surface area contributed by atoms with E-state index in [1.807, 2.05) is 12.1 Å². The zero-order valence-electron chi connectivity index (χ0n) is 19.3. The highest BCUT2D eigenvalue weighted by atomic mass is 19.4. The van der Waals surface area contributed by atoms with Gasteiger partial charge in [0.1, 0.15) is 5.82 Å². The highest BCUT2D eigenvalue weighted by Gasteiger charge is 2.29. The number of alkyl halides is 3. The van der Waals surface area contributed by atoms with Gasteiger partial charge in [-0.05, 0) is 54.0 Å². The number of hydrogen-bond donors (Lipinski definition) is 0. The van der Waals surface area contributed by atoms with Crippen LogP contribution in [0.3, 0.4) is 0 Å². The minimum Gasteiger partial charge on any atom is -0.481 e. The fourth-order valence-electron chi connectivity index (χ4n) is 4.26. The molecule has 0 bridgehead atoms. The lowest BCUT2D eigenvalue weighted by Gasteiger charge is -2.29. The Morgan fingerprint density at radius 2 is 1.71 bits per heavy atom. The van der Waals surface area contributed by atoms with Crippen molar-refractivity contribution in [3.05, 3.63) is 76.9 Å². The number of benzene rings is 3. The molecule has 1 heterocycles. The van der Waals surface area contributed by atoms with Crippen molar-refractivity contribution in [1.29, 1.82) is 0 Å². The normalized spacial score (nSPS) is 18.7. The van der Waals surface area contributed by atoms with Crippen LogP contribution in [0.25, 0.3) is 10.8 Å². The van der Waals surface area contributed by atoms with Crippen molar-refractivity contribution in [2.24, 2.45) is 5.92 Å². The molecule has 0 aliphatic carbocycles. The van der Waals surface area contributed by atoms with Crippen molar-refractivity contribution in [3.8, 4) is 5.75 Å². The zero-order valence-corrected chi connectivity index (χ0v) is 19.3. The van der Waals surface area contributed by atoms with Crippen LogP contribution in [0, 0.1) is 17.6 Å². The number of halogens is 5. The quantitative estimate of drug-likeness (QED) is 0.308. The van der Waals surface area contributed by atoms with E-state index in [-0.39, 0.29) is 5.82 Å². The largest absolute Gasteiger partial charge is 0.481 e. The molecule has 35 heavy (non-hydrogen) atoms. The molecule has 0 aromatic heterocycles. The van der Waals surface area contributed by atoms with Gasteiger partial charge in [-0.15, -0.1) is 0 Å². The first-order valence-electron chi connectivity index (χ1n) is 11.7. The lowest BCUT2D eigenvalue weighted by Crippen LogP contribution is -2.26. The van der Waals surface area contributed by atoms with Crippen molar-refractivity contribution in [3.63, 3.8) is 0 Å². The van der Waals surface area contributed by atoms with Crippen LogP contribution in [-0.4, -0.2) is 26.0 Å². The van der Waals surface area contributed by atoms with Gasteiger partial charge in [-0.25, -0.2) is 8.78 Å². The number of ether oxygens (including phenoxy) is 3. The van der Waals surface area contributed by atoms with Crippen LogP contribution in [0.2, 0.25) is 0 Å². The maximum absolute atomic E-state index is 15.2. The van der Waals surface area contributed by atoms with Crippen LogP contribution < -0.4 is 4.74 Å². The summed E-state index contributed by atoms with van der Waals surface area (Å²) in [4.78, 5) is 0. The third-order valence-electron chi connectivity index (χ3n) is 6.06. The van der Waals surface area contributed by atoms with Crippen LogP contribution in [-0.2, 0) is 22.3 Å². The van der Waals surface area contributed by atoms with E-state index in [0.29, 0.717) is 48.5 Å². The molecule has 0 amide bonds. The molecule has 1 aliphatic heterocycles. The first-order chi connectivity index (χ1) is 16.7. The third kappa shape index (κ3) is 6.49. The van der Waals surface area contributed by atoms with Crippen LogP contribution in [0.1, 0.15) is 42.7 Å². The van der Waals surface area contributed by atoms with Crippen molar-refractivity contribution < 1.29 is 36.2 Å². The summed E-state index contributed by atoms with van der Waals surface area (Å²) in [6.07, 6.45) is -2.25. The molecule has 1 aliphatic rings. The van der Waals surface area contributed by atoms with Crippen molar-refractivity contribution in [2.45, 2.75) is 45.1 Å². The van der Waals surface area contributed by atoms with Crippen LogP contribution in [0.15, 0.2) is 48.5 Å². The van der Waals surface area contributed by atoms with Crippen LogP contribution in [0.4, 0.5) is 22.0 Å². The Morgan fingerprint density at radius 3 is 2.40 bits per heavy atom. The van der Waals surface area contributed by atoms with Crippen molar-refractivity contribution in [2.75, 3.05) is 19.8 Å². The van der Waals surface area contributed by atoms with Gasteiger partial charge < -0.3 is 14.2 Å². The van der Waals surface area contributed by atoms with E-state index in [2.05, 4.69) is 11.7 Å². The van der Waals surface area contributed by atoms with Gasteiger partial charge in [-0.1, -0.05) is 43.7 Å². The molecule has 0 saturated carbocycles. The van der Waals surface area contributed by atoms with E-state index in [0.717, 1.165) is 35.9 Å². The molecular formula is C27H27F5O3. The van der Waals surface area contributed by atoms with Gasteiger partial charge in [0.25, 0.3) is 0 Å². The lowest BCUT2D eigenvalue weighted by atomic mass is 9.98. The van der Waals surface area contributed by atoms with E-state index in [1.165, 1.54) is 6.07 Å². The molecule has 0 radical (unpaired) electrons. The van der Waals surface area contributed by atoms with E-state index in [4.69, 9.17) is 9.47 Å². The summed E-state index contributed by atoms with van der Waals surface area (Å²) in [6.45, 7) is 1.84. The molecule has 0 unspecified atom stereocenters. The van der Waals surface area contributed by atoms with E-state index >= 15 is 4.39 Å².